The molecule has 19 heavy (non-hydrogen) atoms. The molecule has 1 aromatic carbocycles. The van der Waals surface area contributed by atoms with Gasteiger partial charge in [-0.15, -0.1) is 11.3 Å². The standard InChI is InChI=1S/C11H8Br2ClNO2S2/c1-6-10(5-11(13)18-6)19(16,17)15-9-3-2-7(14)4-8(9)12/h2-5,15H,1H3. The molecule has 0 radical (unpaired) electrons. The Hall–Kier alpha value is -0.0800. The molecule has 0 aliphatic carbocycles. The number of benzene rings is 1. The minimum absolute atomic E-state index is 0.270. The van der Waals surface area contributed by atoms with Gasteiger partial charge in [0.15, 0.2) is 0 Å². The highest BCUT2D eigenvalue weighted by Crippen LogP contribution is 2.32. The van der Waals surface area contributed by atoms with Crippen LogP contribution in [0, 0.1) is 6.92 Å². The molecule has 1 heterocycles. The lowest BCUT2D eigenvalue weighted by atomic mass is 10.3. The first-order valence-corrected chi connectivity index (χ1v) is 9.30. The van der Waals surface area contributed by atoms with E-state index in [9.17, 15) is 8.42 Å². The summed E-state index contributed by atoms with van der Waals surface area (Å²) in [5, 5.41) is 0.532. The molecule has 0 aliphatic heterocycles. The third-order valence-electron chi connectivity index (χ3n) is 2.31. The molecular formula is C11H8Br2ClNO2S2. The van der Waals surface area contributed by atoms with Crippen molar-refractivity contribution in [3.05, 3.63) is 42.4 Å². The van der Waals surface area contributed by atoms with Gasteiger partial charge in [0.25, 0.3) is 10.0 Å². The van der Waals surface area contributed by atoms with Gasteiger partial charge in [0.05, 0.1) is 9.47 Å². The number of aryl methyl sites for hydroxylation is 1. The first kappa shape index (κ1) is 15.3. The molecule has 0 fully saturated rings. The van der Waals surface area contributed by atoms with Crippen molar-refractivity contribution in [1.82, 2.24) is 0 Å². The number of thiophene rings is 1. The highest BCUT2D eigenvalue weighted by Gasteiger charge is 2.20. The number of nitrogens with one attached hydrogen (secondary N) is 1. The van der Waals surface area contributed by atoms with Crippen LogP contribution in [0.2, 0.25) is 5.02 Å². The van der Waals surface area contributed by atoms with Crippen molar-refractivity contribution in [3.8, 4) is 0 Å². The van der Waals surface area contributed by atoms with Crippen molar-refractivity contribution >= 4 is 70.5 Å². The summed E-state index contributed by atoms with van der Waals surface area (Å²) in [5.74, 6) is 0. The summed E-state index contributed by atoms with van der Waals surface area (Å²) < 4.78 is 28.5. The predicted octanol–water partition coefficient (Wildman–Crippen LogP) is 5.04. The van der Waals surface area contributed by atoms with Gasteiger partial charge >= 0.3 is 0 Å². The van der Waals surface area contributed by atoms with Gasteiger partial charge in [0, 0.05) is 14.4 Å². The summed E-state index contributed by atoms with van der Waals surface area (Å²) in [5.41, 5.74) is 0.450. The van der Waals surface area contributed by atoms with Crippen LogP contribution in [0.25, 0.3) is 0 Å². The molecule has 1 aromatic heterocycles. The Kier molecular flexibility index (Phi) is 4.62. The number of hydrogen-bond acceptors (Lipinski definition) is 3. The fourth-order valence-electron chi connectivity index (χ4n) is 1.47. The van der Waals surface area contributed by atoms with Gasteiger partial charge in [-0.05, 0) is 63.0 Å². The first-order chi connectivity index (χ1) is 8.79. The van der Waals surface area contributed by atoms with Gasteiger partial charge in [0.2, 0.25) is 0 Å². The quantitative estimate of drug-likeness (QED) is 0.720. The number of hydrogen-bond donors (Lipinski definition) is 1. The highest BCUT2D eigenvalue weighted by atomic mass is 79.9. The smallest absolute Gasteiger partial charge is 0.263 e. The molecule has 0 spiro atoms. The largest absolute Gasteiger partial charge is 0.278 e. The molecular weight excluding hydrogens is 438 g/mol. The molecule has 1 N–H and O–H groups in total. The second kappa shape index (κ2) is 5.73. The number of halogens is 3. The summed E-state index contributed by atoms with van der Waals surface area (Å²) in [6, 6.07) is 6.46. The average molecular weight is 446 g/mol. The zero-order chi connectivity index (χ0) is 14.2. The van der Waals surface area contributed by atoms with Crippen LogP contribution in [-0.4, -0.2) is 8.42 Å². The van der Waals surface area contributed by atoms with E-state index >= 15 is 0 Å². The Morgan fingerprint density at radius 2 is 1.95 bits per heavy atom. The maximum atomic E-state index is 12.3. The van der Waals surface area contributed by atoms with Crippen LogP contribution in [0.1, 0.15) is 4.88 Å². The van der Waals surface area contributed by atoms with Gasteiger partial charge in [0.1, 0.15) is 4.90 Å². The van der Waals surface area contributed by atoms with Crippen molar-refractivity contribution < 1.29 is 8.42 Å². The second-order valence-corrected chi connectivity index (χ2v) is 9.28. The van der Waals surface area contributed by atoms with Crippen LogP contribution in [0.15, 0.2) is 37.4 Å². The lowest BCUT2D eigenvalue weighted by molar-refractivity contribution is 0.601. The number of anilines is 1. The van der Waals surface area contributed by atoms with Crippen LogP contribution >= 0.6 is 54.8 Å². The van der Waals surface area contributed by atoms with E-state index in [0.29, 0.717) is 15.2 Å². The zero-order valence-corrected chi connectivity index (χ0v) is 15.1. The van der Waals surface area contributed by atoms with Crippen molar-refractivity contribution in [3.63, 3.8) is 0 Å². The summed E-state index contributed by atoms with van der Waals surface area (Å²) in [6.45, 7) is 1.76. The Labute approximate surface area is 137 Å². The number of sulfonamides is 1. The summed E-state index contributed by atoms with van der Waals surface area (Å²) in [6.07, 6.45) is 0. The van der Waals surface area contributed by atoms with Gasteiger partial charge in [-0.25, -0.2) is 8.42 Å². The molecule has 0 saturated heterocycles. The van der Waals surface area contributed by atoms with E-state index in [0.717, 1.165) is 8.66 Å². The third-order valence-corrected chi connectivity index (χ3v) is 6.37. The average Bonchev–Trinajstić information content (AvgIpc) is 2.63. The molecule has 0 aliphatic rings. The maximum Gasteiger partial charge on any atom is 0.263 e. The molecule has 102 valence electrons. The van der Waals surface area contributed by atoms with E-state index in [2.05, 4.69) is 36.6 Å². The van der Waals surface area contributed by atoms with Crippen LogP contribution in [0.5, 0.6) is 0 Å². The van der Waals surface area contributed by atoms with Crippen LogP contribution in [0.4, 0.5) is 5.69 Å². The van der Waals surface area contributed by atoms with Gasteiger partial charge < -0.3 is 0 Å². The van der Waals surface area contributed by atoms with E-state index in [4.69, 9.17) is 11.6 Å². The second-order valence-electron chi connectivity index (χ2n) is 3.70. The van der Waals surface area contributed by atoms with Crippen molar-refractivity contribution in [2.45, 2.75) is 11.8 Å². The topological polar surface area (TPSA) is 46.2 Å². The van der Waals surface area contributed by atoms with Gasteiger partial charge in [-0.1, -0.05) is 11.6 Å². The van der Waals surface area contributed by atoms with Gasteiger partial charge in [-0.2, -0.15) is 0 Å². The Morgan fingerprint density at radius 3 is 2.47 bits per heavy atom. The van der Waals surface area contributed by atoms with Crippen LogP contribution in [0.3, 0.4) is 0 Å². The maximum absolute atomic E-state index is 12.3. The van der Waals surface area contributed by atoms with Crippen LogP contribution in [-0.2, 0) is 10.0 Å². The zero-order valence-electron chi connectivity index (χ0n) is 9.58. The summed E-state index contributed by atoms with van der Waals surface area (Å²) in [7, 11) is -3.60. The Morgan fingerprint density at radius 1 is 1.26 bits per heavy atom. The minimum atomic E-state index is -3.60. The van der Waals surface area contributed by atoms with Crippen molar-refractivity contribution in [2.24, 2.45) is 0 Å². The van der Waals surface area contributed by atoms with E-state index in [1.54, 1.807) is 31.2 Å². The molecule has 2 rings (SSSR count). The van der Waals surface area contributed by atoms with E-state index in [1.807, 2.05) is 0 Å². The monoisotopic (exact) mass is 443 g/mol. The summed E-state index contributed by atoms with van der Waals surface area (Å²) in [4.78, 5) is 0.996. The molecule has 0 amide bonds. The molecule has 0 unspecified atom stereocenters. The van der Waals surface area contributed by atoms with Crippen molar-refractivity contribution in [1.29, 1.82) is 0 Å². The normalized spacial score (nSPS) is 11.6. The molecule has 8 heteroatoms. The SMILES string of the molecule is Cc1sc(Br)cc1S(=O)(=O)Nc1ccc(Cl)cc1Br. The highest BCUT2D eigenvalue weighted by molar-refractivity contribution is 9.11. The number of rotatable bonds is 3. The molecule has 2 aromatic rings. The Balaban J connectivity index is 2.39. The summed E-state index contributed by atoms with van der Waals surface area (Å²) >= 11 is 13.8. The van der Waals surface area contributed by atoms with Crippen molar-refractivity contribution in [2.75, 3.05) is 4.72 Å². The molecule has 0 atom stereocenters. The first-order valence-electron chi connectivity index (χ1n) is 5.03. The minimum Gasteiger partial charge on any atom is -0.278 e. The van der Waals surface area contributed by atoms with E-state index in [1.165, 1.54) is 11.3 Å². The predicted molar refractivity (Wildman–Crippen MR) is 86.7 cm³/mol. The molecule has 0 saturated carbocycles. The molecule has 0 bridgehead atoms. The fourth-order valence-corrected chi connectivity index (χ4v) is 5.88. The Bertz CT molecular complexity index is 728. The fraction of sp³-hybridized carbons (Fsp3) is 0.0909. The lowest BCUT2D eigenvalue weighted by Crippen LogP contribution is -2.13. The van der Waals surface area contributed by atoms with Gasteiger partial charge in [-0.3, -0.25) is 4.72 Å². The third kappa shape index (κ3) is 3.52. The van der Waals surface area contributed by atoms with Crippen LogP contribution < -0.4 is 4.72 Å². The molecule has 3 nitrogen and oxygen atoms in total. The van der Waals surface area contributed by atoms with E-state index in [-0.39, 0.29) is 4.90 Å². The van der Waals surface area contributed by atoms with E-state index < -0.39 is 10.0 Å². The lowest BCUT2D eigenvalue weighted by Gasteiger charge is -2.09.